The van der Waals surface area contributed by atoms with E-state index in [0.29, 0.717) is 28.6 Å². The summed E-state index contributed by atoms with van der Waals surface area (Å²) in [6, 6.07) is 14.9. The summed E-state index contributed by atoms with van der Waals surface area (Å²) in [6.45, 7) is 2.30. The largest absolute Gasteiger partial charge is 0.493 e. The molecule has 0 atom stereocenters. The highest BCUT2D eigenvalue weighted by atomic mass is 16.7. The van der Waals surface area contributed by atoms with Crippen molar-refractivity contribution < 1.29 is 42.6 Å². The van der Waals surface area contributed by atoms with Gasteiger partial charge in [0.2, 0.25) is 12.5 Å². The first-order chi connectivity index (χ1) is 19.4. The van der Waals surface area contributed by atoms with E-state index in [2.05, 4.69) is 16.7 Å². The number of aromatic nitrogens is 1. The Morgan fingerprint density at radius 2 is 1.68 bits per heavy atom. The lowest BCUT2D eigenvalue weighted by atomic mass is 9.95. The lowest BCUT2D eigenvalue weighted by Gasteiger charge is -2.17. The molecule has 3 aromatic carbocycles. The van der Waals surface area contributed by atoms with Crippen LogP contribution in [0.1, 0.15) is 18.1 Å². The van der Waals surface area contributed by atoms with E-state index in [4.69, 9.17) is 28.4 Å². The van der Waals surface area contributed by atoms with Crippen LogP contribution in [0.5, 0.6) is 34.5 Å². The monoisotopic (exact) mass is 540 g/mol. The number of pyridine rings is 1. The van der Waals surface area contributed by atoms with Crippen LogP contribution >= 0.6 is 0 Å². The van der Waals surface area contributed by atoms with Crippen molar-refractivity contribution in [1.82, 2.24) is 0 Å². The zero-order valence-corrected chi connectivity index (χ0v) is 22.2. The van der Waals surface area contributed by atoms with Gasteiger partial charge in [-0.05, 0) is 59.0 Å². The standard InChI is InChI=1S/C31H26NO8/c1-18(33)39-25-7-4-19(12-27(25)36-3)5-9-30(34)40-31-23-16-32-11-10-21-14-28-29(38-17-37-28)15-22(21)24(32)13-20(23)6-8-26(31)35-2/h4-9,12-16H,10-11,17H2,1-3H3/q+1/b9-5+. The number of hydrogen-bond donors (Lipinski definition) is 0. The lowest BCUT2D eigenvalue weighted by Crippen LogP contribution is -2.40. The molecule has 0 bridgehead atoms. The fourth-order valence-electron chi connectivity index (χ4n) is 4.99. The van der Waals surface area contributed by atoms with E-state index in [9.17, 15) is 9.59 Å². The van der Waals surface area contributed by atoms with E-state index in [1.54, 1.807) is 30.3 Å². The number of hydrogen-bond acceptors (Lipinski definition) is 8. The molecule has 0 fully saturated rings. The molecule has 4 aromatic rings. The van der Waals surface area contributed by atoms with Gasteiger partial charge >= 0.3 is 11.9 Å². The Labute approximate surface area is 230 Å². The highest BCUT2D eigenvalue weighted by molar-refractivity contribution is 5.96. The van der Waals surface area contributed by atoms with Gasteiger partial charge < -0.3 is 28.4 Å². The molecule has 0 spiro atoms. The topological polar surface area (TPSA) is 93.4 Å². The summed E-state index contributed by atoms with van der Waals surface area (Å²) in [4.78, 5) is 24.2. The Balaban J connectivity index is 1.31. The molecule has 0 radical (unpaired) electrons. The highest BCUT2D eigenvalue weighted by Crippen LogP contribution is 2.41. The Hall–Kier alpha value is -5.05. The van der Waals surface area contributed by atoms with Crippen LogP contribution in [-0.2, 0) is 22.6 Å². The second kappa shape index (κ2) is 10.3. The maximum atomic E-state index is 12.9. The Morgan fingerprint density at radius 3 is 2.45 bits per heavy atom. The van der Waals surface area contributed by atoms with Gasteiger partial charge in [0.25, 0.3) is 0 Å². The first kappa shape index (κ1) is 25.2. The maximum absolute atomic E-state index is 12.9. The number of carbonyl (C=O) groups excluding carboxylic acids is 2. The number of esters is 2. The SMILES string of the molecule is COc1cc(/C=C/C(=O)Oc2c(OC)ccc3cc4[n+](cc23)CCc2cc3c(cc2-4)OCO3)ccc1OC(C)=O. The molecule has 0 saturated carbocycles. The molecule has 1 aromatic heterocycles. The zero-order valence-electron chi connectivity index (χ0n) is 22.2. The van der Waals surface area contributed by atoms with Gasteiger partial charge in [-0.15, -0.1) is 0 Å². The fraction of sp³-hybridized carbons (Fsp3) is 0.194. The minimum Gasteiger partial charge on any atom is -0.493 e. The molecule has 40 heavy (non-hydrogen) atoms. The van der Waals surface area contributed by atoms with Crippen molar-refractivity contribution in [3.63, 3.8) is 0 Å². The fourth-order valence-corrected chi connectivity index (χ4v) is 4.99. The van der Waals surface area contributed by atoms with Gasteiger partial charge in [-0.2, -0.15) is 4.57 Å². The molecule has 0 aliphatic carbocycles. The maximum Gasteiger partial charge on any atom is 0.336 e. The molecule has 0 saturated heterocycles. The Kier molecular flexibility index (Phi) is 6.47. The second-order valence-corrected chi connectivity index (χ2v) is 9.32. The third-order valence-electron chi connectivity index (χ3n) is 6.85. The van der Waals surface area contributed by atoms with Crippen LogP contribution in [0, 0.1) is 0 Å². The number of rotatable bonds is 6. The Morgan fingerprint density at radius 1 is 0.900 bits per heavy atom. The van der Waals surface area contributed by atoms with Gasteiger partial charge in [-0.3, -0.25) is 4.79 Å². The van der Waals surface area contributed by atoms with Gasteiger partial charge in [0.15, 0.2) is 47.2 Å². The van der Waals surface area contributed by atoms with Crippen LogP contribution in [0.3, 0.4) is 0 Å². The highest BCUT2D eigenvalue weighted by Gasteiger charge is 2.29. The number of carbonyl (C=O) groups is 2. The average molecular weight is 541 g/mol. The first-order valence-electron chi connectivity index (χ1n) is 12.7. The van der Waals surface area contributed by atoms with Gasteiger partial charge in [0.1, 0.15) is 0 Å². The normalized spacial score (nSPS) is 13.1. The predicted octanol–water partition coefficient (Wildman–Crippen LogP) is 4.64. The molecule has 0 amide bonds. The van der Waals surface area contributed by atoms with E-state index < -0.39 is 11.9 Å². The van der Waals surface area contributed by atoms with Crippen LogP contribution in [0.15, 0.2) is 60.8 Å². The van der Waals surface area contributed by atoms with Crippen molar-refractivity contribution in [3.8, 4) is 45.8 Å². The average Bonchev–Trinajstić information content (AvgIpc) is 3.42. The van der Waals surface area contributed by atoms with Gasteiger partial charge in [0, 0.05) is 25.5 Å². The van der Waals surface area contributed by atoms with E-state index in [1.165, 1.54) is 32.8 Å². The van der Waals surface area contributed by atoms with Crippen LogP contribution in [0.25, 0.3) is 28.1 Å². The zero-order chi connectivity index (χ0) is 27.8. The number of benzene rings is 3. The molecule has 3 heterocycles. The van der Waals surface area contributed by atoms with E-state index >= 15 is 0 Å². The predicted molar refractivity (Wildman–Crippen MR) is 145 cm³/mol. The summed E-state index contributed by atoms with van der Waals surface area (Å²) in [7, 11) is 3.01. The molecule has 2 aliphatic rings. The third-order valence-corrected chi connectivity index (χ3v) is 6.85. The van der Waals surface area contributed by atoms with E-state index in [0.717, 1.165) is 46.5 Å². The lowest BCUT2D eigenvalue weighted by molar-refractivity contribution is -0.686. The summed E-state index contributed by atoms with van der Waals surface area (Å²) in [6.07, 6.45) is 5.74. The van der Waals surface area contributed by atoms with Crippen LogP contribution in [-0.4, -0.2) is 33.0 Å². The summed E-state index contributed by atoms with van der Waals surface area (Å²) in [5, 5.41) is 1.65. The van der Waals surface area contributed by atoms with E-state index in [1.807, 2.05) is 18.3 Å². The number of fused-ring (bicyclic) bond motifs is 5. The van der Waals surface area contributed by atoms with Crippen molar-refractivity contribution in [2.45, 2.75) is 19.9 Å². The number of ether oxygens (including phenoxy) is 6. The van der Waals surface area contributed by atoms with Crippen molar-refractivity contribution in [2.75, 3.05) is 21.0 Å². The van der Waals surface area contributed by atoms with Crippen molar-refractivity contribution in [2.24, 2.45) is 0 Å². The minimum atomic E-state index is -0.574. The van der Waals surface area contributed by atoms with Crippen LogP contribution in [0.4, 0.5) is 0 Å². The number of aryl methyl sites for hydroxylation is 2. The molecule has 0 N–H and O–H groups in total. The quantitative estimate of drug-likeness (QED) is 0.151. The summed E-state index contributed by atoms with van der Waals surface area (Å²) in [5.41, 5.74) is 4.00. The first-order valence-corrected chi connectivity index (χ1v) is 12.7. The molecule has 9 heteroatoms. The molecule has 6 rings (SSSR count). The second-order valence-electron chi connectivity index (χ2n) is 9.32. The van der Waals surface area contributed by atoms with Crippen LogP contribution in [0.2, 0.25) is 0 Å². The molecule has 9 nitrogen and oxygen atoms in total. The van der Waals surface area contributed by atoms with Crippen molar-refractivity contribution >= 4 is 28.8 Å². The van der Waals surface area contributed by atoms with Crippen molar-refractivity contribution in [3.05, 3.63) is 71.9 Å². The van der Waals surface area contributed by atoms with Crippen LogP contribution < -0.4 is 33.0 Å². The smallest absolute Gasteiger partial charge is 0.336 e. The van der Waals surface area contributed by atoms with Crippen molar-refractivity contribution in [1.29, 1.82) is 0 Å². The summed E-state index contributed by atoms with van der Waals surface area (Å²) < 4.78 is 35.1. The molecule has 202 valence electrons. The summed E-state index contributed by atoms with van der Waals surface area (Å²) >= 11 is 0. The third kappa shape index (κ3) is 4.66. The van der Waals surface area contributed by atoms with E-state index in [-0.39, 0.29) is 6.79 Å². The molecular formula is C31H26NO8+. The van der Waals surface area contributed by atoms with Gasteiger partial charge in [-0.25, -0.2) is 4.79 Å². The van der Waals surface area contributed by atoms with Gasteiger partial charge in [-0.1, -0.05) is 6.07 Å². The summed E-state index contributed by atoms with van der Waals surface area (Å²) in [5.74, 6) is 1.93. The van der Waals surface area contributed by atoms with Gasteiger partial charge in [0.05, 0.1) is 25.2 Å². The Bertz CT molecular complexity index is 1710. The molecular weight excluding hydrogens is 514 g/mol. The molecule has 2 aliphatic heterocycles. The number of nitrogens with zero attached hydrogens (tertiary/aromatic N) is 1. The molecule has 0 unspecified atom stereocenters. The number of methoxy groups -OCH3 is 2. The minimum absolute atomic E-state index is 0.228.